The number of phenolic OH excluding ortho intramolecular Hbond substituents is 1. The van der Waals surface area contributed by atoms with E-state index in [9.17, 15) is 5.11 Å². The molecule has 7 heteroatoms. The molecule has 2 saturated heterocycles. The minimum atomic E-state index is -0.306. The fraction of sp³-hybridized carbons (Fsp3) is 0.571. The molecule has 6 rings (SSSR count). The van der Waals surface area contributed by atoms with Crippen molar-refractivity contribution in [2.75, 3.05) is 26.4 Å². The molecule has 4 aliphatic rings. The van der Waals surface area contributed by atoms with Gasteiger partial charge in [0.15, 0.2) is 11.6 Å². The van der Waals surface area contributed by atoms with Crippen LogP contribution in [0, 0.1) is 0 Å². The lowest BCUT2D eigenvalue weighted by molar-refractivity contribution is -0.187. The number of hydrogen-bond acceptors (Lipinski definition) is 7. The molecule has 0 radical (unpaired) electrons. The molecule has 0 unspecified atom stereocenters. The third-order valence-electron chi connectivity index (χ3n) is 6.84. The lowest BCUT2D eigenvalue weighted by Crippen LogP contribution is -2.38. The van der Waals surface area contributed by atoms with Crippen LogP contribution in [0.4, 0.5) is 0 Å². The molecule has 0 bridgehead atoms. The fourth-order valence-electron chi connectivity index (χ4n) is 4.88. The summed E-state index contributed by atoms with van der Waals surface area (Å²) in [5.74, 6) is 0.694. The first-order chi connectivity index (χ1) is 17.1. The Morgan fingerprint density at radius 2 is 1.06 bits per heavy atom. The Labute approximate surface area is 207 Å². The van der Waals surface area contributed by atoms with Crippen molar-refractivity contribution in [3.63, 3.8) is 0 Å². The Kier molecular flexibility index (Phi) is 9.40. The second kappa shape index (κ2) is 12.7. The highest BCUT2D eigenvalue weighted by atomic mass is 16.7. The zero-order valence-corrected chi connectivity index (χ0v) is 20.3. The van der Waals surface area contributed by atoms with Gasteiger partial charge in [-0.3, -0.25) is 0 Å². The molecule has 2 aliphatic carbocycles. The number of aliphatic hydroxyl groups excluding tert-OH is 1. The minimum Gasteiger partial charge on any atom is -0.508 e. The molecule has 0 atom stereocenters. The molecule has 0 amide bonds. The van der Waals surface area contributed by atoms with Crippen LogP contribution in [0.25, 0.3) is 0 Å². The number of rotatable bonds is 2. The molecule has 0 aromatic heterocycles. The van der Waals surface area contributed by atoms with Crippen molar-refractivity contribution < 1.29 is 33.9 Å². The topological polar surface area (TPSA) is 86.6 Å². The van der Waals surface area contributed by atoms with Crippen LogP contribution in [-0.2, 0) is 18.9 Å². The largest absolute Gasteiger partial charge is 0.508 e. The zero-order valence-electron chi connectivity index (χ0n) is 20.3. The van der Waals surface area contributed by atoms with E-state index < -0.39 is 0 Å². The van der Waals surface area contributed by atoms with Crippen molar-refractivity contribution in [3.05, 3.63) is 60.7 Å². The normalized spacial score (nSPS) is 24.8. The number of aromatic hydroxyl groups is 1. The van der Waals surface area contributed by atoms with E-state index in [2.05, 4.69) is 0 Å². The van der Waals surface area contributed by atoms with Crippen molar-refractivity contribution in [2.24, 2.45) is 0 Å². The fourth-order valence-corrected chi connectivity index (χ4v) is 4.88. The van der Waals surface area contributed by atoms with Crippen molar-refractivity contribution >= 4 is 0 Å². The van der Waals surface area contributed by atoms with Gasteiger partial charge in [-0.15, -0.1) is 0 Å². The third-order valence-corrected chi connectivity index (χ3v) is 6.84. The number of benzene rings is 2. The van der Waals surface area contributed by atoms with Gasteiger partial charge in [0, 0.05) is 25.7 Å². The maximum Gasteiger partial charge on any atom is 0.168 e. The lowest BCUT2D eigenvalue weighted by atomic mass is 9.92. The Hall–Kier alpha value is -2.16. The van der Waals surface area contributed by atoms with Gasteiger partial charge in [0.2, 0.25) is 0 Å². The molecule has 2 saturated carbocycles. The summed E-state index contributed by atoms with van der Waals surface area (Å²) >= 11 is 0. The second-order valence-electron chi connectivity index (χ2n) is 9.41. The SMILES string of the molecule is OC1CCC2(CC1)OCCO2.Oc1ccccc1.c1ccc(OC2CCC3(CC2)OCCO3)cc1. The van der Waals surface area contributed by atoms with Gasteiger partial charge in [0.05, 0.1) is 38.6 Å². The van der Waals surface area contributed by atoms with Gasteiger partial charge in [-0.1, -0.05) is 36.4 Å². The molecule has 35 heavy (non-hydrogen) atoms. The highest BCUT2D eigenvalue weighted by Crippen LogP contribution is 2.37. The summed E-state index contributed by atoms with van der Waals surface area (Å²) in [5.41, 5.74) is 0. The molecular formula is C28H38O7. The smallest absolute Gasteiger partial charge is 0.168 e. The van der Waals surface area contributed by atoms with Gasteiger partial charge in [0.25, 0.3) is 0 Å². The molecular weight excluding hydrogens is 448 g/mol. The predicted molar refractivity (Wildman–Crippen MR) is 131 cm³/mol. The van der Waals surface area contributed by atoms with Crippen LogP contribution >= 0.6 is 0 Å². The van der Waals surface area contributed by atoms with Gasteiger partial charge < -0.3 is 33.9 Å². The Morgan fingerprint density at radius 3 is 1.49 bits per heavy atom. The first-order valence-electron chi connectivity index (χ1n) is 12.8. The molecule has 2 aromatic carbocycles. The maximum absolute atomic E-state index is 9.24. The molecule has 7 nitrogen and oxygen atoms in total. The van der Waals surface area contributed by atoms with Gasteiger partial charge in [-0.2, -0.15) is 0 Å². The Balaban J connectivity index is 0.000000137. The van der Waals surface area contributed by atoms with Crippen LogP contribution in [0.5, 0.6) is 11.5 Å². The van der Waals surface area contributed by atoms with Crippen LogP contribution in [0.1, 0.15) is 51.4 Å². The van der Waals surface area contributed by atoms with Crippen molar-refractivity contribution in [2.45, 2.75) is 75.1 Å². The molecule has 2 heterocycles. The number of para-hydroxylation sites is 2. The second-order valence-corrected chi connectivity index (χ2v) is 9.41. The van der Waals surface area contributed by atoms with Crippen LogP contribution in [-0.4, -0.2) is 60.4 Å². The average Bonchev–Trinajstić information content (AvgIpc) is 3.55. The summed E-state index contributed by atoms with van der Waals surface area (Å²) in [4.78, 5) is 0. The number of hydrogen-bond donors (Lipinski definition) is 2. The van der Waals surface area contributed by atoms with E-state index in [0.29, 0.717) is 11.9 Å². The predicted octanol–water partition coefficient (Wildman–Crippen LogP) is 4.81. The molecule has 2 N–H and O–H groups in total. The zero-order chi connectivity index (χ0) is 24.4. The summed E-state index contributed by atoms with van der Waals surface area (Å²) in [7, 11) is 0. The van der Waals surface area contributed by atoms with E-state index in [4.69, 9.17) is 28.8 Å². The van der Waals surface area contributed by atoms with Crippen LogP contribution in [0.3, 0.4) is 0 Å². The van der Waals surface area contributed by atoms with Gasteiger partial charge in [0.1, 0.15) is 11.5 Å². The Morgan fingerprint density at radius 1 is 0.629 bits per heavy atom. The lowest BCUT2D eigenvalue weighted by Gasteiger charge is -2.35. The summed E-state index contributed by atoms with van der Waals surface area (Å²) in [6.45, 7) is 2.92. The van der Waals surface area contributed by atoms with Crippen LogP contribution < -0.4 is 4.74 Å². The van der Waals surface area contributed by atoms with E-state index in [1.807, 2.05) is 36.4 Å². The van der Waals surface area contributed by atoms with E-state index >= 15 is 0 Å². The van der Waals surface area contributed by atoms with E-state index in [-0.39, 0.29) is 17.7 Å². The van der Waals surface area contributed by atoms with E-state index in [0.717, 1.165) is 83.5 Å². The summed E-state index contributed by atoms with van der Waals surface area (Å²) in [5, 5.41) is 17.9. The van der Waals surface area contributed by atoms with Crippen LogP contribution in [0.15, 0.2) is 60.7 Å². The molecule has 2 aromatic rings. The first-order valence-corrected chi connectivity index (χ1v) is 12.8. The molecule has 4 fully saturated rings. The van der Waals surface area contributed by atoms with E-state index in [1.165, 1.54) is 0 Å². The average molecular weight is 487 g/mol. The van der Waals surface area contributed by atoms with Crippen LogP contribution in [0.2, 0.25) is 0 Å². The van der Waals surface area contributed by atoms with Gasteiger partial charge >= 0.3 is 0 Å². The van der Waals surface area contributed by atoms with Crippen molar-refractivity contribution in [1.82, 2.24) is 0 Å². The highest BCUT2D eigenvalue weighted by Gasteiger charge is 2.41. The van der Waals surface area contributed by atoms with E-state index in [1.54, 1.807) is 24.3 Å². The number of ether oxygens (including phenoxy) is 5. The highest BCUT2D eigenvalue weighted by molar-refractivity contribution is 5.21. The molecule has 192 valence electrons. The monoisotopic (exact) mass is 486 g/mol. The Bertz CT molecular complexity index is 828. The standard InChI is InChI=1S/C14H18O3.C8H14O3.C6H6O/c1-2-4-12(5-3-1)17-13-6-8-14(9-7-13)15-10-11-16-14;9-7-1-3-8(4-2-7)10-5-6-11-8;7-6-4-2-1-3-5-6/h1-5,13H,6-11H2;7,9H,1-6H2;1-5,7H. The maximum atomic E-state index is 9.24. The summed E-state index contributed by atoms with van der Waals surface area (Å²) in [6, 6.07) is 18.7. The van der Waals surface area contributed by atoms with Gasteiger partial charge in [-0.25, -0.2) is 0 Å². The number of phenols is 1. The molecule has 2 spiro atoms. The molecule has 2 aliphatic heterocycles. The number of aliphatic hydroxyl groups is 1. The first kappa shape index (κ1) is 25.9. The summed E-state index contributed by atoms with van der Waals surface area (Å²) in [6.07, 6.45) is 7.44. The quantitative estimate of drug-likeness (QED) is 0.630. The van der Waals surface area contributed by atoms with Crippen molar-refractivity contribution in [3.8, 4) is 11.5 Å². The van der Waals surface area contributed by atoms with Crippen molar-refractivity contribution in [1.29, 1.82) is 0 Å². The third kappa shape index (κ3) is 7.92. The minimum absolute atomic E-state index is 0.131. The summed E-state index contributed by atoms with van der Waals surface area (Å²) < 4.78 is 28.3. The van der Waals surface area contributed by atoms with Gasteiger partial charge in [-0.05, 0) is 49.9 Å².